The Morgan fingerprint density at radius 1 is 1.00 bits per heavy atom. The first-order chi connectivity index (χ1) is 22.3. The van der Waals surface area contributed by atoms with Gasteiger partial charge in [0.2, 0.25) is 17.7 Å². The van der Waals surface area contributed by atoms with E-state index in [1.165, 1.54) is 4.90 Å². The van der Waals surface area contributed by atoms with Crippen molar-refractivity contribution in [1.29, 1.82) is 0 Å². The highest BCUT2D eigenvalue weighted by atomic mass is 16.6. The summed E-state index contributed by atoms with van der Waals surface area (Å²) in [6, 6.07) is 16.4. The molecular weight excluding hydrogens is 586 g/mol. The van der Waals surface area contributed by atoms with Crippen molar-refractivity contribution in [2.75, 3.05) is 13.2 Å². The number of ether oxygens (including phenoxy) is 2. The summed E-state index contributed by atoms with van der Waals surface area (Å²) in [5.74, 6) is -3.62. The van der Waals surface area contributed by atoms with Crippen LogP contribution in [0.2, 0.25) is 0 Å². The lowest BCUT2D eigenvalue weighted by Gasteiger charge is -2.38. The first kappa shape index (κ1) is 31.7. The van der Waals surface area contributed by atoms with E-state index >= 15 is 0 Å². The van der Waals surface area contributed by atoms with Gasteiger partial charge in [-0.1, -0.05) is 91.9 Å². The Balaban J connectivity index is 1.44. The SMILES string of the molecule is CC[C@@H](CO)N1C(=O)[C@H]2[C@@H]3C(=O)O[C@H](c4ccccc4)[C@@H](C)NC(=O)CC/C=C\CN(Cc4ccccc4)C(=O)[C@H]1[C@@]21C=C[C@@H]3O1. The molecule has 46 heavy (non-hydrogen) atoms. The fraction of sp³-hybridized carbons (Fsp3) is 0.444. The molecule has 0 aliphatic carbocycles. The number of amides is 3. The smallest absolute Gasteiger partial charge is 0.313 e. The van der Waals surface area contributed by atoms with Crippen molar-refractivity contribution in [3.05, 3.63) is 96.1 Å². The van der Waals surface area contributed by atoms with Crippen LogP contribution in [0.5, 0.6) is 0 Å². The minimum Gasteiger partial charge on any atom is -0.455 e. The Bertz CT molecular complexity index is 1510. The molecule has 10 heteroatoms. The third-order valence-corrected chi connectivity index (χ3v) is 9.67. The number of nitrogens with one attached hydrogen (secondary N) is 1. The van der Waals surface area contributed by atoms with Crippen LogP contribution in [0.3, 0.4) is 0 Å². The largest absolute Gasteiger partial charge is 0.455 e. The second-order valence-electron chi connectivity index (χ2n) is 12.5. The Morgan fingerprint density at radius 3 is 2.41 bits per heavy atom. The van der Waals surface area contributed by atoms with Crippen molar-refractivity contribution in [2.45, 2.75) is 75.6 Å². The van der Waals surface area contributed by atoms with E-state index in [1.807, 2.05) is 79.7 Å². The maximum atomic E-state index is 14.8. The number of hydrogen-bond donors (Lipinski definition) is 2. The number of benzene rings is 2. The van der Waals surface area contributed by atoms with Crippen LogP contribution in [-0.2, 0) is 35.2 Å². The summed E-state index contributed by atoms with van der Waals surface area (Å²) in [6.07, 6.45) is 6.72. The lowest BCUT2D eigenvalue weighted by molar-refractivity contribution is -0.162. The quantitative estimate of drug-likeness (QED) is 0.373. The number of esters is 1. The van der Waals surface area contributed by atoms with Crippen molar-refractivity contribution in [3.63, 3.8) is 0 Å². The van der Waals surface area contributed by atoms with E-state index in [9.17, 15) is 24.3 Å². The summed E-state index contributed by atoms with van der Waals surface area (Å²) in [6.45, 7) is 3.80. The molecule has 2 aromatic carbocycles. The van der Waals surface area contributed by atoms with Gasteiger partial charge in [-0.25, -0.2) is 0 Å². The molecular formula is C36H41N3O7. The number of fused-ring (bicyclic) bond motifs is 2. The Kier molecular flexibility index (Phi) is 9.11. The van der Waals surface area contributed by atoms with Crippen LogP contribution in [0.25, 0.3) is 0 Å². The standard InChI is InChI=1S/C36H41N3O7/c1-3-26(22-40)39-32-34(43)38(21-24-13-7-4-8-14-24)20-12-6-11-17-28(41)37-23(2)31(25-15-9-5-10-16-25)45-35(44)29-27-18-19-36(32,46-27)30(29)33(39)42/h4-10,12-16,18-19,23,26-27,29-32,40H,3,11,17,20-22H2,1-2H3,(H,37,41)/b12-6-/t23-,26+,27+,29-,30-,31+,32+,36-/m1/s1. The van der Waals surface area contributed by atoms with Gasteiger partial charge in [0, 0.05) is 19.5 Å². The van der Waals surface area contributed by atoms with Crippen molar-refractivity contribution in [1.82, 2.24) is 15.1 Å². The summed E-state index contributed by atoms with van der Waals surface area (Å²) < 4.78 is 12.7. The zero-order chi connectivity index (χ0) is 32.4. The minimum atomic E-state index is -1.40. The second kappa shape index (κ2) is 13.2. The summed E-state index contributed by atoms with van der Waals surface area (Å²) in [5.41, 5.74) is 0.203. The van der Waals surface area contributed by atoms with Gasteiger partial charge in [-0.2, -0.15) is 0 Å². The molecule has 2 fully saturated rings. The van der Waals surface area contributed by atoms with Crippen LogP contribution in [-0.4, -0.2) is 81.6 Å². The summed E-state index contributed by atoms with van der Waals surface area (Å²) in [7, 11) is 0. The van der Waals surface area contributed by atoms with Gasteiger partial charge < -0.3 is 29.7 Å². The number of carbonyl (C=O) groups is 4. The summed E-state index contributed by atoms with van der Waals surface area (Å²) >= 11 is 0. The number of carbonyl (C=O) groups excluding carboxylic acids is 4. The molecule has 4 heterocycles. The molecule has 242 valence electrons. The third kappa shape index (κ3) is 5.64. The number of cyclic esters (lactones) is 1. The van der Waals surface area contributed by atoms with E-state index in [2.05, 4.69) is 5.32 Å². The van der Waals surface area contributed by atoms with E-state index in [4.69, 9.17) is 9.47 Å². The lowest BCUT2D eigenvalue weighted by Crippen LogP contribution is -2.58. The monoisotopic (exact) mass is 627 g/mol. The molecule has 10 nitrogen and oxygen atoms in total. The van der Waals surface area contributed by atoms with E-state index in [1.54, 1.807) is 24.0 Å². The van der Waals surface area contributed by atoms with E-state index < -0.39 is 59.6 Å². The fourth-order valence-corrected chi connectivity index (χ4v) is 7.41. The molecule has 1 spiro atoms. The predicted octanol–water partition coefficient (Wildman–Crippen LogP) is 3.08. The number of rotatable bonds is 6. The van der Waals surface area contributed by atoms with Gasteiger partial charge in [0.15, 0.2) is 0 Å². The number of aliphatic hydroxyl groups excluding tert-OH is 1. The Labute approximate surface area is 269 Å². The number of allylic oxidation sites excluding steroid dienone is 1. The van der Waals surface area contributed by atoms with Crippen molar-refractivity contribution < 1.29 is 33.8 Å². The minimum absolute atomic E-state index is 0.194. The number of likely N-dealkylation sites (tertiary alicyclic amines) is 1. The van der Waals surface area contributed by atoms with Crippen molar-refractivity contribution >= 4 is 23.7 Å². The van der Waals surface area contributed by atoms with Crippen LogP contribution in [0, 0.1) is 11.8 Å². The molecule has 3 amide bonds. The molecule has 0 saturated carbocycles. The van der Waals surface area contributed by atoms with Crippen LogP contribution >= 0.6 is 0 Å². The van der Waals surface area contributed by atoms with E-state index in [0.717, 1.165) is 5.56 Å². The van der Waals surface area contributed by atoms with Crippen LogP contribution in [0.4, 0.5) is 0 Å². The molecule has 4 aliphatic heterocycles. The molecule has 6 rings (SSSR count). The Morgan fingerprint density at radius 2 is 1.72 bits per heavy atom. The third-order valence-electron chi connectivity index (χ3n) is 9.67. The maximum absolute atomic E-state index is 14.8. The molecule has 2 N–H and O–H groups in total. The number of hydrogen-bond acceptors (Lipinski definition) is 7. The average Bonchev–Trinajstić information content (AvgIpc) is 3.71. The Hall–Kier alpha value is -4.28. The van der Waals surface area contributed by atoms with E-state index in [0.29, 0.717) is 18.4 Å². The van der Waals surface area contributed by atoms with Gasteiger partial charge in [0.25, 0.3) is 0 Å². The topological polar surface area (TPSA) is 125 Å². The zero-order valence-corrected chi connectivity index (χ0v) is 26.2. The summed E-state index contributed by atoms with van der Waals surface area (Å²) in [4.78, 5) is 59.5. The summed E-state index contributed by atoms with van der Waals surface area (Å²) in [5, 5.41) is 13.4. The van der Waals surface area contributed by atoms with Crippen LogP contribution in [0.15, 0.2) is 85.0 Å². The first-order valence-electron chi connectivity index (χ1n) is 16.1. The molecule has 8 atom stereocenters. The van der Waals surface area contributed by atoms with Crippen LogP contribution in [0.1, 0.15) is 50.3 Å². The highest BCUT2D eigenvalue weighted by molar-refractivity contribution is 5.99. The van der Waals surface area contributed by atoms with Crippen molar-refractivity contribution in [3.8, 4) is 0 Å². The van der Waals surface area contributed by atoms with Gasteiger partial charge in [-0.15, -0.1) is 0 Å². The van der Waals surface area contributed by atoms with Gasteiger partial charge in [0.1, 0.15) is 23.7 Å². The highest BCUT2D eigenvalue weighted by Crippen LogP contribution is 2.56. The molecule has 5 bridgehead atoms. The lowest BCUT2D eigenvalue weighted by atomic mass is 9.74. The molecule has 0 unspecified atom stereocenters. The van der Waals surface area contributed by atoms with Gasteiger partial charge >= 0.3 is 5.97 Å². The molecule has 4 aliphatic rings. The second-order valence-corrected chi connectivity index (χ2v) is 12.5. The highest BCUT2D eigenvalue weighted by Gasteiger charge is 2.74. The predicted molar refractivity (Wildman–Crippen MR) is 169 cm³/mol. The van der Waals surface area contributed by atoms with Gasteiger partial charge in [0.05, 0.1) is 30.7 Å². The molecule has 2 aromatic rings. The maximum Gasteiger partial charge on any atom is 0.313 e. The first-order valence-corrected chi connectivity index (χ1v) is 16.1. The zero-order valence-electron chi connectivity index (χ0n) is 26.2. The molecule has 0 aromatic heterocycles. The number of aliphatic hydroxyl groups is 1. The molecule has 2 saturated heterocycles. The normalized spacial score (nSPS) is 32.7. The molecule has 0 radical (unpaired) electrons. The van der Waals surface area contributed by atoms with Gasteiger partial charge in [-0.05, 0) is 30.9 Å². The van der Waals surface area contributed by atoms with Crippen molar-refractivity contribution in [2.24, 2.45) is 11.8 Å². The van der Waals surface area contributed by atoms with Gasteiger partial charge in [-0.3, -0.25) is 19.2 Å². The van der Waals surface area contributed by atoms with Crippen LogP contribution < -0.4 is 5.32 Å². The fourth-order valence-electron chi connectivity index (χ4n) is 7.41. The number of nitrogens with zero attached hydrogens (tertiary/aromatic N) is 2. The van der Waals surface area contributed by atoms with E-state index in [-0.39, 0.29) is 37.9 Å². The average molecular weight is 628 g/mol.